The molecule has 0 spiro atoms. The van der Waals surface area contributed by atoms with Crippen LogP contribution in [0.2, 0.25) is 5.02 Å². The molecule has 0 bridgehead atoms. The maximum absolute atomic E-state index is 10.1. The molecule has 11 heavy (non-hydrogen) atoms. The van der Waals surface area contributed by atoms with Crippen LogP contribution in [0.25, 0.3) is 0 Å². The van der Waals surface area contributed by atoms with Crippen LogP contribution in [0.4, 0.5) is 11.6 Å². The molecule has 0 saturated heterocycles. The Balaban J connectivity index is 3.15. The number of hydrogen-bond donors (Lipinski definition) is 1. The van der Waals surface area contributed by atoms with Gasteiger partial charge in [-0.15, -0.1) is 0 Å². The van der Waals surface area contributed by atoms with Crippen molar-refractivity contribution in [1.82, 2.24) is 4.98 Å². The van der Waals surface area contributed by atoms with Crippen molar-refractivity contribution < 1.29 is 4.92 Å². The monoisotopic (exact) mass is 173 g/mol. The average Bonchev–Trinajstić information content (AvgIpc) is 1.94. The van der Waals surface area contributed by atoms with Gasteiger partial charge in [0.25, 0.3) is 5.82 Å². The van der Waals surface area contributed by atoms with Gasteiger partial charge in [-0.2, -0.15) is 0 Å². The highest BCUT2D eigenvalue weighted by Crippen LogP contribution is 2.18. The molecule has 1 heterocycles. The third kappa shape index (κ3) is 1.56. The fraction of sp³-hybridized carbons (Fsp3) is 0. The van der Waals surface area contributed by atoms with Crippen LogP contribution >= 0.6 is 11.6 Å². The average molecular weight is 174 g/mol. The Morgan fingerprint density at radius 2 is 2.27 bits per heavy atom. The molecule has 1 aromatic heterocycles. The summed E-state index contributed by atoms with van der Waals surface area (Å²) in [4.78, 5) is 12.9. The van der Waals surface area contributed by atoms with Crippen LogP contribution in [0.5, 0.6) is 0 Å². The van der Waals surface area contributed by atoms with Gasteiger partial charge in [-0.25, -0.2) is 0 Å². The van der Waals surface area contributed by atoms with Crippen molar-refractivity contribution in [3.8, 4) is 0 Å². The quantitative estimate of drug-likeness (QED) is 0.511. The molecule has 0 amide bonds. The molecular formula is C5H4ClN3O2. The molecule has 2 N–H and O–H groups in total. The number of nitrogens with two attached hydrogens (primary N) is 1. The van der Waals surface area contributed by atoms with Crippen molar-refractivity contribution in [3.63, 3.8) is 0 Å². The fourth-order valence-electron chi connectivity index (χ4n) is 0.549. The highest BCUT2D eigenvalue weighted by molar-refractivity contribution is 6.32. The normalized spacial score (nSPS) is 9.55. The number of halogens is 1. The van der Waals surface area contributed by atoms with E-state index in [9.17, 15) is 10.1 Å². The zero-order chi connectivity index (χ0) is 8.43. The van der Waals surface area contributed by atoms with Gasteiger partial charge in [0.05, 0.1) is 0 Å². The van der Waals surface area contributed by atoms with Gasteiger partial charge in [-0.1, -0.05) is 11.6 Å². The molecule has 0 aliphatic carbocycles. The molecule has 0 atom stereocenters. The van der Waals surface area contributed by atoms with Gasteiger partial charge in [-0.05, 0) is 16.0 Å². The Morgan fingerprint density at radius 3 is 2.73 bits per heavy atom. The molecule has 0 saturated carbocycles. The highest BCUT2D eigenvalue weighted by atomic mass is 35.5. The van der Waals surface area contributed by atoms with E-state index in [-0.39, 0.29) is 16.7 Å². The van der Waals surface area contributed by atoms with Gasteiger partial charge in [0.15, 0.2) is 0 Å². The Hall–Kier alpha value is -1.36. The number of hydrogen-bond acceptors (Lipinski definition) is 4. The zero-order valence-corrected chi connectivity index (χ0v) is 6.08. The standard InChI is InChI=1S/C5H4ClN3O2/c6-3-1-2-4(9(10)11)8-5(3)7/h1-2H,(H2,7,8). The Kier molecular flexibility index (Phi) is 1.91. The minimum atomic E-state index is -0.632. The first-order chi connectivity index (χ1) is 5.11. The van der Waals surface area contributed by atoms with E-state index in [2.05, 4.69) is 4.98 Å². The smallest absolute Gasteiger partial charge is 0.362 e. The number of nitro groups is 1. The summed E-state index contributed by atoms with van der Waals surface area (Å²) in [5.74, 6) is -0.326. The van der Waals surface area contributed by atoms with E-state index >= 15 is 0 Å². The molecule has 0 aliphatic heterocycles. The first-order valence-corrected chi connectivity index (χ1v) is 3.05. The van der Waals surface area contributed by atoms with E-state index < -0.39 is 4.92 Å². The second kappa shape index (κ2) is 2.71. The molecule has 58 valence electrons. The minimum Gasteiger partial charge on any atom is -0.362 e. The largest absolute Gasteiger partial charge is 0.365 e. The summed E-state index contributed by atoms with van der Waals surface area (Å²) in [6.45, 7) is 0. The second-order valence-electron chi connectivity index (χ2n) is 1.79. The first-order valence-electron chi connectivity index (χ1n) is 2.67. The number of nitrogen functional groups attached to an aromatic ring is 1. The van der Waals surface area contributed by atoms with Gasteiger partial charge >= 0.3 is 5.82 Å². The van der Waals surface area contributed by atoms with Gasteiger partial charge in [0.2, 0.25) is 0 Å². The summed E-state index contributed by atoms with van der Waals surface area (Å²) >= 11 is 5.48. The van der Waals surface area contributed by atoms with Gasteiger partial charge in [-0.3, -0.25) is 0 Å². The third-order valence-electron chi connectivity index (χ3n) is 1.05. The zero-order valence-electron chi connectivity index (χ0n) is 5.32. The van der Waals surface area contributed by atoms with E-state index in [0.29, 0.717) is 0 Å². The maximum atomic E-state index is 10.1. The molecule has 1 aromatic rings. The lowest BCUT2D eigenvalue weighted by Crippen LogP contribution is -1.96. The minimum absolute atomic E-state index is 0.0270. The second-order valence-corrected chi connectivity index (χ2v) is 2.20. The van der Waals surface area contributed by atoms with E-state index in [4.69, 9.17) is 17.3 Å². The summed E-state index contributed by atoms with van der Waals surface area (Å²) in [5, 5.41) is 10.3. The molecule has 5 nitrogen and oxygen atoms in total. The van der Waals surface area contributed by atoms with Crippen LogP contribution in [0.3, 0.4) is 0 Å². The van der Waals surface area contributed by atoms with E-state index in [1.165, 1.54) is 12.1 Å². The summed E-state index contributed by atoms with van der Waals surface area (Å²) in [6, 6.07) is 2.53. The molecule has 0 aliphatic rings. The van der Waals surface area contributed by atoms with Crippen LogP contribution in [-0.2, 0) is 0 Å². The van der Waals surface area contributed by atoms with Crippen molar-refractivity contribution in [2.24, 2.45) is 0 Å². The van der Waals surface area contributed by atoms with Gasteiger partial charge < -0.3 is 15.8 Å². The maximum Gasteiger partial charge on any atom is 0.365 e. The number of anilines is 1. The molecule has 0 radical (unpaired) electrons. The summed E-state index contributed by atoms with van der Waals surface area (Å²) in [6.07, 6.45) is 0. The van der Waals surface area contributed by atoms with Gasteiger partial charge in [0.1, 0.15) is 5.02 Å². The topological polar surface area (TPSA) is 82.0 Å². The Morgan fingerprint density at radius 1 is 1.64 bits per heavy atom. The number of pyridine rings is 1. The van der Waals surface area contributed by atoms with Crippen LogP contribution in [0.1, 0.15) is 0 Å². The van der Waals surface area contributed by atoms with Crippen LogP contribution in [0.15, 0.2) is 12.1 Å². The summed E-state index contributed by atoms with van der Waals surface area (Å²) < 4.78 is 0. The Labute approximate surface area is 66.9 Å². The number of aromatic nitrogens is 1. The molecule has 0 aromatic carbocycles. The molecule has 0 unspecified atom stereocenters. The van der Waals surface area contributed by atoms with Crippen LogP contribution in [0, 0.1) is 10.1 Å². The molecular weight excluding hydrogens is 170 g/mol. The first kappa shape index (κ1) is 7.74. The lowest BCUT2D eigenvalue weighted by atomic mass is 10.4. The van der Waals surface area contributed by atoms with Gasteiger partial charge in [0, 0.05) is 6.07 Å². The van der Waals surface area contributed by atoms with E-state index in [1.807, 2.05) is 0 Å². The lowest BCUT2D eigenvalue weighted by Gasteiger charge is -1.92. The lowest BCUT2D eigenvalue weighted by molar-refractivity contribution is -0.389. The van der Waals surface area contributed by atoms with Crippen LogP contribution in [-0.4, -0.2) is 9.91 Å². The fourth-order valence-corrected chi connectivity index (χ4v) is 0.654. The predicted molar refractivity (Wildman–Crippen MR) is 40.3 cm³/mol. The number of rotatable bonds is 1. The number of nitrogens with zero attached hydrogens (tertiary/aromatic N) is 2. The van der Waals surface area contributed by atoms with Crippen molar-refractivity contribution in [3.05, 3.63) is 27.3 Å². The summed E-state index contributed by atoms with van der Waals surface area (Å²) in [7, 11) is 0. The third-order valence-corrected chi connectivity index (χ3v) is 1.37. The van der Waals surface area contributed by atoms with Crippen molar-refractivity contribution in [1.29, 1.82) is 0 Å². The summed E-state index contributed by atoms with van der Waals surface area (Å²) in [5.41, 5.74) is 5.21. The van der Waals surface area contributed by atoms with E-state index in [0.717, 1.165) is 0 Å². The predicted octanol–water partition coefficient (Wildman–Crippen LogP) is 1.23. The van der Waals surface area contributed by atoms with Crippen molar-refractivity contribution in [2.75, 3.05) is 5.73 Å². The SMILES string of the molecule is Nc1nc([N+](=O)[O-])ccc1Cl. The van der Waals surface area contributed by atoms with Crippen molar-refractivity contribution >= 4 is 23.2 Å². The molecule has 0 fully saturated rings. The van der Waals surface area contributed by atoms with Crippen molar-refractivity contribution in [2.45, 2.75) is 0 Å². The highest BCUT2D eigenvalue weighted by Gasteiger charge is 2.10. The van der Waals surface area contributed by atoms with Crippen LogP contribution < -0.4 is 5.73 Å². The molecule has 6 heteroatoms. The Bertz CT molecular complexity index is 302. The molecule has 1 rings (SSSR count). The van der Waals surface area contributed by atoms with E-state index in [1.54, 1.807) is 0 Å².